The summed E-state index contributed by atoms with van der Waals surface area (Å²) >= 11 is 6.35. The van der Waals surface area contributed by atoms with Crippen molar-refractivity contribution < 1.29 is 14.3 Å². The van der Waals surface area contributed by atoms with E-state index in [0.717, 1.165) is 16.8 Å². The van der Waals surface area contributed by atoms with Crippen molar-refractivity contribution in [2.45, 2.75) is 0 Å². The van der Waals surface area contributed by atoms with Crippen LogP contribution in [0.4, 0.5) is 11.4 Å². The Morgan fingerprint density at radius 3 is 2.50 bits per heavy atom. The van der Waals surface area contributed by atoms with Crippen molar-refractivity contribution in [1.29, 1.82) is 0 Å². The maximum atomic E-state index is 11.5. The fraction of sp³-hybridized carbons (Fsp3) is 0.111. The van der Waals surface area contributed by atoms with Gasteiger partial charge >= 0.3 is 5.97 Å². The van der Waals surface area contributed by atoms with Crippen LogP contribution in [0.2, 0.25) is 5.02 Å². The summed E-state index contributed by atoms with van der Waals surface area (Å²) in [7, 11) is 2.95. The van der Waals surface area contributed by atoms with E-state index in [0.29, 0.717) is 21.9 Å². The molecule has 0 saturated heterocycles. The molecule has 0 radical (unpaired) electrons. The molecule has 3 rings (SSSR count). The summed E-state index contributed by atoms with van der Waals surface area (Å²) in [5, 5.41) is 4.64. The van der Waals surface area contributed by atoms with Crippen LogP contribution in [0.1, 0.15) is 10.4 Å². The van der Waals surface area contributed by atoms with Crippen LogP contribution in [0.3, 0.4) is 0 Å². The average molecular weight is 343 g/mol. The molecule has 0 aliphatic rings. The number of esters is 1. The summed E-state index contributed by atoms with van der Waals surface area (Å²) < 4.78 is 10.0. The number of ether oxygens (including phenoxy) is 2. The molecule has 2 aromatic carbocycles. The van der Waals surface area contributed by atoms with Crippen molar-refractivity contribution in [1.82, 2.24) is 4.98 Å². The molecular weight excluding hydrogens is 328 g/mol. The van der Waals surface area contributed by atoms with Crippen molar-refractivity contribution in [2.24, 2.45) is 0 Å². The Labute approximate surface area is 144 Å². The van der Waals surface area contributed by atoms with Crippen molar-refractivity contribution in [3.8, 4) is 5.75 Å². The van der Waals surface area contributed by atoms with E-state index in [1.807, 2.05) is 6.07 Å². The number of nitrogens with zero attached hydrogens (tertiary/aromatic N) is 1. The lowest BCUT2D eigenvalue weighted by Gasteiger charge is -2.13. The predicted molar refractivity (Wildman–Crippen MR) is 94.4 cm³/mol. The topological polar surface area (TPSA) is 60.5 Å². The highest BCUT2D eigenvalue weighted by Crippen LogP contribution is 2.35. The quantitative estimate of drug-likeness (QED) is 0.711. The van der Waals surface area contributed by atoms with Crippen molar-refractivity contribution in [3.05, 3.63) is 59.2 Å². The highest BCUT2D eigenvalue weighted by molar-refractivity contribution is 6.36. The van der Waals surface area contributed by atoms with Gasteiger partial charge in [0.2, 0.25) is 0 Å². The molecule has 5 nitrogen and oxygen atoms in total. The molecule has 3 aromatic rings. The third-order valence-corrected chi connectivity index (χ3v) is 3.92. The largest absolute Gasteiger partial charge is 0.494 e. The smallest absolute Gasteiger partial charge is 0.337 e. The van der Waals surface area contributed by atoms with Crippen molar-refractivity contribution >= 4 is 39.8 Å². The number of hydrogen-bond donors (Lipinski definition) is 1. The standard InChI is InChI=1S/C18H15ClN2O3/c1-23-15-8-7-13(19)16-14(9-10-20-17(15)16)21-12-5-3-11(4-6-12)18(22)24-2/h3-10H,1-2H3,(H,20,21). The summed E-state index contributed by atoms with van der Waals surface area (Å²) in [6, 6.07) is 12.4. The Morgan fingerprint density at radius 1 is 1.08 bits per heavy atom. The molecule has 0 spiro atoms. The van der Waals surface area contributed by atoms with Crippen molar-refractivity contribution in [3.63, 3.8) is 0 Å². The van der Waals surface area contributed by atoms with E-state index >= 15 is 0 Å². The van der Waals surface area contributed by atoms with Crippen LogP contribution in [-0.2, 0) is 4.74 Å². The molecule has 0 aliphatic heterocycles. The molecule has 1 aromatic heterocycles. The number of methoxy groups -OCH3 is 2. The Balaban J connectivity index is 2.00. The summed E-state index contributed by atoms with van der Waals surface area (Å²) in [6.45, 7) is 0. The van der Waals surface area contributed by atoms with E-state index in [2.05, 4.69) is 10.3 Å². The van der Waals surface area contributed by atoms with E-state index in [4.69, 9.17) is 21.1 Å². The number of nitrogens with one attached hydrogen (secondary N) is 1. The third kappa shape index (κ3) is 2.98. The molecule has 122 valence electrons. The number of carbonyl (C=O) groups is 1. The van der Waals surface area contributed by atoms with Gasteiger partial charge in [-0.3, -0.25) is 4.98 Å². The summed E-state index contributed by atoms with van der Waals surface area (Å²) in [4.78, 5) is 15.8. The lowest BCUT2D eigenvalue weighted by atomic mass is 10.1. The Bertz CT molecular complexity index is 895. The zero-order valence-electron chi connectivity index (χ0n) is 13.2. The molecule has 1 N–H and O–H groups in total. The maximum Gasteiger partial charge on any atom is 0.337 e. The van der Waals surface area contributed by atoms with Crippen molar-refractivity contribution in [2.75, 3.05) is 19.5 Å². The number of fused-ring (bicyclic) bond motifs is 1. The second-order valence-corrected chi connectivity index (χ2v) is 5.43. The van der Waals surface area contributed by atoms with Gasteiger partial charge < -0.3 is 14.8 Å². The first kappa shape index (κ1) is 16.1. The van der Waals surface area contributed by atoms with Crippen LogP contribution in [-0.4, -0.2) is 25.2 Å². The fourth-order valence-corrected chi connectivity index (χ4v) is 2.69. The lowest BCUT2D eigenvalue weighted by molar-refractivity contribution is 0.0601. The normalized spacial score (nSPS) is 10.5. The first-order valence-corrected chi connectivity index (χ1v) is 7.58. The monoisotopic (exact) mass is 342 g/mol. The van der Waals surface area contributed by atoms with Crippen LogP contribution in [0.5, 0.6) is 5.75 Å². The number of hydrogen-bond acceptors (Lipinski definition) is 5. The Kier molecular flexibility index (Phi) is 4.53. The SMILES string of the molecule is COC(=O)c1ccc(Nc2ccnc3c(OC)ccc(Cl)c23)cc1. The second kappa shape index (κ2) is 6.76. The van der Waals surface area contributed by atoms with E-state index in [1.165, 1.54) is 7.11 Å². The van der Waals surface area contributed by atoms with E-state index in [9.17, 15) is 4.79 Å². The first-order valence-electron chi connectivity index (χ1n) is 7.20. The van der Waals surface area contributed by atoms with Gasteiger partial charge in [-0.15, -0.1) is 0 Å². The predicted octanol–water partition coefficient (Wildman–Crippen LogP) is 4.43. The minimum Gasteiger partial charge on any atom is -0.494 e. The third-order valence-electron chi connectivity index (χ3n) is 3.61. The molecule has 0 saturated carbocycles. The number of halogens is 1. The van der Waals surface area contributed by atoms with Crippen LogP contribution in [0.25, 0.3) is 10.9 Å². The molecule has 0 unspecified atom stereocenters. The average Bonchev–Trinajstić information content (AvgIpc) is 2.62. The number of carbonyl (C=O) groups excluding carboxylic acids is 1. The first-order chi connectivity index (χ1) is 11.6. The second-order valence-electron chi connectivity index (χ2n) is 5.03. The molecule has 0 bridgehead atoms. The van der Waals surface area contributed by atoms with Crippen LogP contribution < -0.4 is 10.1 Å². The van der Waals surface area contributed by atoms with Gasteiger partial charge in [0.1, 0.15) is 11.3 Å². The molecular formula is C18H15ClN2O3. The number of aromatic nitrogens is 1. The molecule has 0 aliphatic carbocycles. The van der Waals surface area contributed by atoms with Crippen LogP contribution >= 0.6 is 11.6 Å². The maximum absolute atomic E-state index is 11.5. The number of anilines is 2. The van der Waals surface area contributed by atoms with E-state index < -0.39 is 0 Å². The van der Waals surface area contributed by atoms with Crippen LogP contribution in [0.15, 0.2) is 48.7 Å². The van der Waals surface area contributed by atoms with Gasteiger partial charge in [0.15, 0.2) is 0 Å². The molecule has 6 heteroatoms. The summed E-state index contributed by atoms with van der Waals surface area (Å²) in [5.41, 5.74) is 2.78. The van der Waals surface area contributed by atoms with Gasteiger partial charge in [-0.1, -0.05) is 11.6 Å². The zero-order valence-corrected chi connectivity index (χ0v) is 13.9. The summed E-state index contributed by atoms with van der Waals surface area (Å²) in [6.07, 6.45) is 1.69. The minimum atomic E-state index is -0.372. The van der Waals surface area contributed by atoms with Gasteiger partial charge in [0.05, 0.1) is 30.5 Å². The lowest BCUT2D eigenvalue weighted by Crippen LogP contribution is -2.01. The molecule has 24 heavy (non-hydrogen) atoms. The molecule has 1 heterocycles. The highest BCUT2D eigenvalue weighted by Gasteiger charge is 2.11. The molecule has 0 atom stereocenters. The summed E-state index contributed by atoms with van der Waals surface area (Å²) in [5.74, 6) is 0.280. The Morgan fingerprint density at radius 2 is 1.83 bits per heavy atom. The number of rotatable bonds is 4. The fourth-order valence-electron chi connectivity index (χ4n) is 2.43. The van der Waals surface area contributed by atoms with Gasteiger partial charge in [0.25, 0.3) is 0 Å². The Hall–Kier alpha value is -2.79. The highest BCUT2D eigenvalue weighted by atomic mass is 35.5. The van der Waals surface area contributed by atoms with Gasteiger partial charge in [-0.05, 0) is 42.5 Å². The van der Waals surface area contributed by atoms with Crippen LogP contribution in [0, 0.1) is 0 Å². The minimum absolute atomic E-state index is 0.372. The van der Waals surface area contributed by atoms with E-state index in [-0.39, 0.29) is 5.97 Å². The number of benzene rings is 2. The van der Waals surface area contributed by atoms with Gasteiger partial charge in [-0.25, -0.2) is 4.79 Å². The number of pyridine rings is 1. The van der Waals surface area contributed by atoms with Gasteiger partial charge in [-0.2, -0.15) is 0 Å². The molecule has 0 fully saturated rings. The van der Waals surface area contributed by atoms with Gasteiger partial charge in [0, 0.05) is 17.3 Å². The molecule has 0 amide bonds. The zero-order chi connectivity index (χ0) is 17.1. The van der Waals surface area contributed by atoms with E-state index in [1.54, 1.807) is 49.7 Å².